The highest BCUT2D eigenvalue weighted by atomic mass is 32.1. The molecule has 0 saturated carbocycles. The van der Waals surface area contributed by atoms with Crippen molar-refractivity contribution in [2.24, 2.45) is 0 Å². The van der Waals surface area contributed by atoms with Gasteiger partial charge < -0.3 is 15.7 Å². The third kappa shape index (κ3) is 5.78. The first kappa shape index (κ1) is 14.8. The number of carbonyl (C=O) groups is 2. The summed E-state index contributed by atoms with van der Waals surface area (Å²) in [5, 5.41) is 14.1. The molecule has 1 rings (SSSR count). The van der Waals surface area contributed by atoms with Crippen LogP contribution in [0, 0.1) is 0 Å². The van der Waals surface area contributed by atoms with Gasteiger partial charge in [-0.15, -0.1) is 0 Å². The third-order valence-electron chi connectivity index (χ3n) is 2.14. The molecule has 0 aromatic heterocycles. The summed E-state index contributed by atoms with van der Waals surface area (Å²) in [4.78, 5) is 21.6. The zero-order chi connectivity index (χ0) is 14.3. The van der Waals surface area contributed by atoms with Crippen LogP contribution in [0.25, 0.3) is 6.08 Å². The number of thiocarbonyl (C=S) groups is 1. The summed E-state index contributed by atoms with van der Waals surface area (Å²) in [5.41, 5.74) is 1.39. The monoisotopic (exact) mass is 278 g/mol. The minimum Gasteiger partial charge on any atom is -0.478 e. The molecule has 3 N–H and O–H groups in total. The summed E-state index contributed by atoms with van der Waals surface area (Å²) >= 11 is 4.97. The van der Waals surface area contributed by atoms with Gasteiger partial charge >= 0.3 is 5.97 Å². The third-order valence-corrected chi connectivity index (χ3v) is 2.34. The molecule has 0 aliphatic rings. The normalized spacial score (nSPS) is 10.2. The van der Waals surface area contributed by atoms with Crippen LogP contribution in [-0.4, -0.2) is 22.1 Å². The van der Waals surface area contributed by atoms with E-state index < -0.39 is 5.97 Å². The second kappa shape index (κ2) is 7.27. The zero-order valence-electron chi connectivity index (χ0n) is 10.3. The lowest BCUT2D eigenvalue weighted by atomic mass is 10.2. The van der Waals surface area contributed by atoms with Crippen molar-refractivity contribution >= 4 is 41.0 Å². The molecule has 0 aliphatic heterocycles. The largest absolute Gasteiger partial charge is 0.478 e. The smallest absolute Gasteiger partial charge is 0.328 e. The van der Waals surface area contributed by atoms with Crippen molar-refractivity contribution in [3.8, 4) is 0 Å². The van der Waals surface area contributed by atoms with Crippen LogP contribution in [0.4, 0.5) is 5.69 Å². The Balaban J connectivity index is 2.69. The van der Waals surface area contributed by atoms with E-state index in [-0.39, 0.29) is 11.0 Å². The summed E-state index contributed by atoms with van der Waals surface area (Å²) in [5.74, 6) is -1.18. The van der Waals surface area contributed by atoms with Crippen LogP contribution < -0.4 is 10.6 Å². The van der Waals surface area contributed by atoms with Crippen molar-refractivity contribution in [2.75, 3.05) is 5.32 Å². The summed E-state index contributed by atoms with van der Waals surface area (Å²) in [6.45, 7) is 1.73. The SMILES string of the molecule is CCC(=O)NC(=S)Nc1cccc(/C=C/C(=O)O)c1. The van der Waals surface area contributed by atoms with Crippen molar-refractivity contribution < 1.29 is 14.7 Å². The molecule has 6 heteroatoms. The molecule has 0 radical (unpaired) electrons. The predicted molar refractivity (Wildman–Crippen MR) is 77.8 cm³/mol. The second-order valence-electron chi connectivity index (χ2n) is 3.65. The van der Waals surface area contributed by atoms with Crippen LogP contribution in [0.1, 0.15) is 18.9 Å². The molecule has 0 heterocycles. The number of aliphatic carboxylic acids is 1. The highest BCUT2D eigenvalue weighted by molar-refractivity contribution is 7.80. The fourth-order valence-electron chi connectivity index (χ4n) is 1.26. The maximum Gasteiger partial charge on any atom is 0.328 e. The Morgan fingerprint density at radius 3 is 2.79 bits per heavy atom. The number of rotatable bonds is 4. The van der Waals surface area contributed by atoms with Crippen LogP contribution in [0.5, 0.6) is 0 Å². The summed E-state index contributed by atoms with van der Waals surface area (Å²) in [6.07, 6.45) is 2.88. The number of carboxylic acids is 1. The molecule has 100 valence electrons. The van der Waals surface area contributed by atoms with Gasteiger partial charge in [-0.05, 0) is 36.0 Å². The maximum atomic E-state index is 11.1. The lowest BCUT2D eigenvalue weighted by Crippen LogP contribution is -2.33. The molecular weight excluding hydrogens is 264 g/mol. The van der Waals surface area contributed by atoms with Crippen LogP contribution >= 0.6 is 12.2 Å². The molecule has 1 amide bonds. The van der Waals surface area contributed by atoms with Crippen molar-refractivity contribution in [3.63, 3.8) is 0 Å². The molecule has 0 fully saturated rings. The van der Waals surface area contributed by atoms with Gasteiger partial charge in [-0.1, -0.05) is 19.1 Å². The summed E-state index contributed by atoms with van der Waals surface area (Å²) < 4.78 is 0. The maximum absolute atomic E-state index is 11.1. The number of hydrogen-bond acceptors (Lipinski definition) is 3. The van der Waals surface area contributed by atoms with E-state index in [4.69, 9.17) is 17.3 Å². The fourth-order valence-corrected chi connectivity index (χ4v) is 1.50. The fraction of sp³-hybridized carbons (Fsp3) is 0.154. The lowest BCUT2D eigenvalue weighted by Gasteiger charge is -2.09. The van der Waals surface area contributed by atoms with Crippen LogP contribution in [-0.2, 0) is 9.59 Å². The van der Waals surface area contributed by atoms with Crippen LogP contribution in [0.2, 0.25) is 0 Å². The Morgan fingerprint density at radius 2 is 2.16 bits per heavy atom. The zero-order valence-corrected chi connectivity index (χ0v) is 11.2. The molecular formula is C13H14N2O3S. The van der Waals surface area contributed by atoms with E-state index in [1.165, 1.54) is 6.08 Å². The van der Waals surface area contributed by atoms with Crippen molar-refractivity contribution in [2.45, 2.75) is 13.3 Å². The van der Waals surface area contributed by atoms with E-state index in [0.29, 0.717) is 12.1 Å². The molecule has 0 saturated heterocycles. The van der Waals surface area contributed by atoms with Gasteiger partial charge in [0, 0.05) is 18.2 Å². The Kier molecular flexibility index (Phi) is 5.69. The summed E-state index contributed by atoms with van der Waals surface area (Å²) in [7, 11) is 0. The molecule has 0 unspecified atom stereocenters. The number of carboxylic acid groups (broad SMARTS) is 1. The average Bonchev–Trinajstić information content (AvgIpc) is 2.36. The van der Waals surface area contributed by atoms with E-state index in [1.54, 1.807) is 31.2 Å². The highest BCUT2D eigenvalue weighted by Gasteiger charge is 2.02. The molecule has 19 heavy (non-hydrogen) atoms. The lowest BCUT2D eigenvalue weighted by molar-refractivity contribution is -0.131. The molecule has 0 aliphatic carbocycles. The van der Waals surface area contributed by atoms with E-state index in [1.807, 2.05) is 0 Å². The number of carbonyl (C=O) groups excluding carboxylic acids is 1. The number of hydrogen-bond donors (Lipinski definition) is 3. The van der Waals surface area contributed by atoms with Crippen molar-refractivity contribution in [1.82, 2.24) is 5.32 Å². The van der Waals surface area contributed by atoms with Gasteiger partial charge in [0.15, 0.2) is 5.11 Å². The molecule has 0 spiro atoms. The van der Waals surface area contributed by atoms with E-state index >= 15 is 0 Å². The number of nitrogens with one attached hydrogen (secondary N) is 2. The first-order chi connectivity index (χ1) is 9.01. The first-order valence-corrected chi connectivity index (χ1v) is 6.04. The highest BCUT2D eigenvalue weighted by Crippen LogP contribution is 2.11. The van der Waals surface area contributed by atoms with Gasteiger partial charge in [0.25, 0.3) is 0 Å². The molecule has 1 aromatic rings. The van der Waals surface area contributed by atoms with Crippen LogP contribution in [0.15, 0.2) is 30.3 Å². The topological polar surface area (TPSA) is 78.4 Å². The van der Waals surface area contributed by atoms with Gasteiger partial charge in [0.1, 0.15) is 0 Å². The number of amides is 1. The minimum atomic E-state index is -1.01. The van der Waals surface area contributed by atoms with Gasteiger partial charge in [-0.2, -0.15) is 0 Å². The van der Waals surface area contributed by atoms with Crippen molar-refractivity contribution in [1.29, 1.82) is 0 Å². The molecule has 1 aromatic carbocycles. The van der Waals surface area contributed by atoms with Gasteiger partial charge in [0.05, 0.1) is 0 Å². The standard InChI is InChI=1S/C13H14N2O3S/c1-2-11(16)15-13(19)14-10-5-3-4-9(8-10)6-7-12(17)18/h3-8H,2H2,1H3,(H,17,18)(H2,14,15,16,19)/b7-6+. The molecule has 0 atom stereocenters. The van der Waals surface area contributed by atoms with Gasteiger partial charge in [-0.25, -0.2) is 4.79 Å². The van der Waals surface area contributed by atoms with E-state index in [2.05, 4.69) is 10.6 Å². The van der Waals surface area contributed by atoms with E-state index in [9.17, 15) is 9.59 Å². The predicted octanol–water partition coefficient (Wildman–Crippen LogP) is 2.01. The molecule has 0 bridgehead atoms. The first-order valence-electron chi connectivity index (χ1n) is 5.63. The van der Waals surface area contributed by atoms with Crippen molar-refractivity contribution in [3.05, 3.63) is 35.9 Å². The van der Waals surface area contributed by atoms with Gasteiger partial charge in [0.2, 0.25) is 5.91 Å². The quantitative estimate of drug-likeness (QED) is 0.580. The molecule has 5 nitrogen and oxygen atoms in total. The van der Waals surface area contributed by atoms with Crippen LogP contribution in [0.3, 0.4) is 0 Å². The van der Waals surface area contributed by atoms with Gasteiger partial charge in [-0.3, -0.25) is 4.79 Å². The number of benzene rings is 1. The number of anilines is 1. The summed E-state index contributed by atoms with van der Waals surface area (Å²) in [6, 6.07) is 7.01. The minimum absolute atomic E-state index is 0.167. The van der Waals surface area contributed by atoms with E-state index in [0.717, 1.165) is 11.6 Å². The average molecular weight is 278 g/mol. The Labute approximate surface area is 116 Å². The Morgan fingerprint density at radius 1 is 1.42 bits per heavy atom. The second-order valence-corrected chi connectivity index (χ2v) is 4.06. The Hall–Kier alpha value is -2.21. The Bertz CT molecular complexity index is 526.